The molecule has 0 aliphatic rings. The van der Waals surface area contributed by atoms with Gasteiger partial charge in [0.15, 0.2) is 5.58 Å². The van der Waals surface area contributed by atoms with Gasteiger partial charge in [-0.1, -0.05) is 173 Å². The van der Waals surface area contributed by atoms with E-state index in [1.54, 1.807) is 6.07 Å². The van der Waals surface area contributed by atoms with E-state index in [0.717, 1.165) is 88.5 Å². The molecule has 0 atom stereocenters. The molecule has 0 unspecified atom stereocenters. The molecule has 0 aliphatic heterocycles. The van der Waals surface area contributed by atoms with E-state index < -0.39 is 0 Å². The smallest absolute Gasteiger partial charge is 0.152 e. The van der Waals surface area contributed by atoms with E-state index in [1.807, 2.05) is 30.5 Å². The molecule has 3 aromatic heterocycles. The molecule has 3 heterocycles. The SMILES string of the molecule is CC(C)(C)c1ccc(-n2c(-c3ccccc3O)nc3c(-c4[c-]c(-c5cc6c(cn5)oc5c7ccccc7ccc65)cc(C(C)(C)c5ccccc5)c4)cccc32)c(-c2ccccc2)c1.[Pt]. The molecule has 6 heteroatoms. The number of phenols is 1. The van der Waals surface area contributed by atoms with Crippen LogP contribution in [0.1, 0.15) is 51.3 Å². The van der Waals surface area contributed by atoms with Crippen LogP contribution in [0.4, 0.5) is 0 Å². The van der Waals surface area contributed by atoms with Crippen molar-refractivity contribution in [2.24, 2.45) is 0 Å². The Bertz CT molecular complexity index is 3580. The summed E-state index contributed by atoms with van der Waals surface area (Å²) in [7, 11) is 0. The summed E-state index contributed by atoms with van der Waals surface area (Å²) in [6.07, 6.45) is 1.85. The van der Waals surface area contributed by atoms with Gasteiger partial charge >= 0.3 is 0 Å². The van der Waals surface area contributed by atoms with Crippen molar-refractivity contribution >= 4 is 43.7 Å². The predicted octanol–water partition coefficient (Wildman–Crippen LogP) is 15.3. The Hall–Kier alpha value is -7.07. The Balaban J connectivity index is 0.00000498. The number of aromatic nitrogens is 3. The minimum absolute atomic E-state index is 0. The predicted molar refractivity (Wildman–Crippen MR) is 263 cm³/mol. The first-order chi connectivity index (χ1) is 31.0. The van der Waals surface area contributed by atoms with Crippen LogP contribution in [-0.4, -0.2) is 19.6 Å². The first-order valence-corrected chi connectivity index (χ1v) is 21.9. The Kier molecular flexibility index (Phi) is 10.4. The standard InChI is InChI=1S/C59H46N3O2.Pt/c1-58(2,3)42-28-30-51(48(34-42)37-17-8-6-9-18-37)62-52-25-16-24-44(55(52)61-57(62)47-23-14-15-26-53(47)63)39-31-40(33-43(32-39)59(4,5)41-20-10-7-11-21-41)50-35-49-46-29-27-38-19-12-13-22-45(38)56(46)64-54(49)36-60-50;/h6-30,32-36,63H,1-5H3;/q-1;. The van der Waals surface area contributed by atoms with Crippen molar-refractivity contribution in [3.8, 4) is 56.3 Å². The summed E-state index contributed by atoms with van der Waals surface area (Å²) in [6, 6.07) is 64.9. The number of imidazole rings is 1. The molecule has 11 rings (SSSR count). The van der Waals surface area contributed by atoms with Crippen molar-refractivity contribution in [3.63, 3.8) is 0 Å². The third-order valence-corrected chi connectivity index (χ3v) is 12.9. The van der Waals surface area contributed by atoms with Crippen molar-refractivity contribution < 1.29 is 30.6 Å². The average molecular weight is 1020 g/mol. The fraction of sp³-hybridized carbons (Fsp3) is 0.119. The van der Waals surface area contributed by atoms with Crippen LogP contribution in [-0.2, 0) is 31.9 Å². The fourth-order valence-corrected chi connectivity index (χ4v) is 9.24. The Morgan fingerprint density at radius 3 is 2.06 bits per heavy atom. The van der Waals surface area contributed by atoms with E-state index in [4.69, 9.17) is 14.4 Å². The van der Waals surface area contributed by atoms with Crippen LogP contribution in [0.2, 0.25) is 0 Å². The van der Waals surface area contributed by atoms with Crippen molar-refractivity contribution in [1.82, 2.24) is 14.5 Å². The van der Waals surface area contributed by atoms with Gasteiger partial charge in [-0.2, -0.15) is 0 Å². The largest absolute Gasteiger partial charge is 0.507 e. The van der Waals surface area contributed by atoms with Crippen molar-refractivity contribution in [2.45, 2.75) is 45.4 Å². The molecule has 320 valence electrons. The third kappa shape index (κ3) is 7.25. The summed E-state index contributed by atoms with van der Waals surface area (Å²) < 4.78 is 8.70. The van der Waals surface area contributed by atoms with Gasteiger partial charge in [0.05, 0.1) is 28.5 Å². The molecule has 0 aliphatic carbocycles. The fourth-order valence-electron chi connectivity index (χ4n) is 9.24. The minimum atomic E-state index is -0.376. The number of benzene rings is 8. The average Bonchev–Trinajstić information content (AvgIpc) is 3.90. The molecule has 11 aromatic rings. The van der Waals surface area contributed by atoms with Gasteiger partial charge in [0.1, 0.15) is 17.2 Å². The normalized spacial score (nSPS) is 12.0. The van der Waals surface area contributed by atoms with Crippen LogP contribution in [0.5, 0.6) is 5.75 Å². The molecule has 0 fully saturated rings. The number of furan rings is 1. The first-order valence-electron chi connectivity index (χ1n) is 21.9. The quantitative estimate of drug-likeness (QED) is 0.162. The third-order valence-electron chi connectivity index (χ3n) is 12.9. The van der Waals surface area contributed by atoms with E-state index in [0.29, 0.717) is 11.4 Å². The number of fused-ring (bicyclic) bond motifs is 6. The van der Waals surface area contributed by atoms with Crippen LogP contribution in [0.15, 0.2) is 187 Å². The van der Waals surface area contributed by atoms with E-state index in [9.17, 15) is 5.11 Å². The molecule has 0 bridgehead atoms. The van der Waals surface area contributed by atoms with Gasteiger partial charge in [-0.25, -0.2) is 4.98 Å². The van der Waals surface area contributed by atoms with Gasteiger partial charge in [0.2, 0.25) is 0 Å². The maximum absolute atomic E-state index is 11.5. The molecule has 0 spiro atoms. The number of rotatable bonds is 7. The summed E-state index contributed by atoms with van der Waals surface area (Å²) in [5.41, 5.74) is 13.7. The Morgan fingerprint density at radius 2 is 1.28 bits per heavy atom. The number of hydrogen-bond acceptors (Lipinski definition) is 4. The number of para-hydroxylation sites is 2. The molecule has 1 N–H and O–H groups in total. The molecule has 65 heavy (non-hydrogen) atoms. The Morgan fingerprint density at radius 1 is 0.569 bits per heavy atom. The van der Waals surface area contributed by atoms with E-state index in [-0.39, 0.29) is 37.6 Å². The second kappa shape index (κ2) is 16.2. The molecule has 8 aromatic carbocycles. The second-order valence-corrected chi connectivity index (χ2v) is 18.3. The zero-order valence-corrected chi connectivity index (χ0v) is 39.1. The van der Waals surface area contributed by atoms with Crippen LogP contribution < -0.4 is 0 Å². The molecule has 0 amide bonds. The molecule has 0 saturated heterocycles. The van der Waals surface area contributed by atoms with Crippen LogP contribution in [0.3, 0.4) is 0 Å². The number of phenolic OH excluding ortho intramolecular Hbond substituents is 1. The number of pyridine rings is 1. The summed E-state index contributed by atoms with van der Waals surface area (Å²) in [4.78, 5) is 10.5. The maximum atomic E-state index is 11.5. The number of aromatic hydroxyl groups is 1. The maximum Gasteiger partial charge on any atom is 0.152 e. The van der Waals surface area contributed by atoms with Crippen LogP contribution in [0, 0.1) is 6.07 Å². The van der Waals surface area contributed by atoms with E-state index in [2.05, 4.69) is 191 Å². The summed E-state index contributed by atoms with van der Waals surface area (Å²) in [6.45, 7) is 11.3. The summed E-state index contributed by atoms with van der Waals surface area (Å²) >= 11 is 0. The molecule has 5 nitrogen and oxygen atoms in total. The molecular weight excluding hydrogens is 978 g/mol. The molecule has 0 radical (unpaired) electrons. The van der Waals surface area contributed by atoms with Crippen molar-refractivity contribution in [1.29, 1.82) is 0 Å². The van der Waals surface area contributed by atoms with Crippen LogP contribution in [0.25, 0.3) is 94.3 Å². The molecule has 0 saturated carbocycles. The van der Waals surface area contributed by atoms with Gasteiger partial charge < -0.3 is 9.52 Å². The second-order valence-electron chi connectivity index (χ2n) is 18.3. The van der Waals surface area contributed by atoms with Gasteiger partial charge in [0.25, 0.3) is 0 Å². The van der Waals surface area contributed by atoms with Crippen molar-refractivity contribution in [2.75, 3.05) is 0 Å². The summed E-state index contributed by atoms with van der Waals surface area (Å²) in [5.74, 6) is 0.809. The first kappa shape index (κ1) is 41.9. The zero-order valence-electron chi connectivity index (χ0n) is 36.8. The van der Waals surface area contributed by atoms with Gasteiger partial charge in [-0.15, -0.1) is 29.3 Å². The monoisotopic (exact) mass is 1020 g/mol. The topological polar surface area (TPSA) is 64.1 Å². The van der Waals surface area contributed by atoms with Gasteiger partial charge in [-0.05, 0) is 63.9 Å². The van der Waals surface area contributed by atoms with Gasteiger partial charge in [0, 0.05) is 53.9 Å². The Labute approximate surface area is 393 Å². The number of nitrogens with zero attached hydrogens (tertiary/aromatic N) is 3. The van der Waals surface area contributed by atoms with Gasteiger partial charge in [-0.3, -0.25) is 9.55 Å². The van der Waals surface area contributed by atoms with Crippen molar-refractivity contribution in [3.05, 3.63) is 205 Å². The summed E-state index contributed by atoms with van der Waals surface area (Å²) in [5, 5.41) is 15.8. The van der Waals surface area contributed by atoms with Crippen LogP contribution >= 0.6 is 0 Å². The van der Waals surface area contributed by atoms with E-state index >= 15 is 0 Å². The minimum Gasteiger partial charge on any atom is -0.507 e. The van der Waals surface area contributed by atoms with E-state index in [1.165, 1.54) is 11.1 Å². The molecular formula is C59H46N3O2Pt-. The number of hydrogen-bond donors (Lipinski definition) is 1. The zero-order chi connectivity index (χ0) is 43.7.